The maximum Gasteiger partial charge on any atom is 0.244 e. The highest BCUT2D eigenvalue weighted by atomic mass is 32.2. The number of sulfonamides is 1. The summed E-state index contributed by atoms with van der Waals surface area (Å²) in [5.41, 5.74) is 6.26. The molecule has 19 heavy (non-hydrogen) atoms. The highest BCUT2D eigenvalue weighted by molar-refractivity contribution is 7.89. The van der Waals surface area contributed by atoms with Crippen LogP contribution in [0, 0.1) is 6.92 Å². The number of aromatic nitrogens is 5. The average Bonchev–Trinajstić information content (AvgIpc) is 2.98. The van der Waals surface area contributed by atoms with Crippen LogP contribution in [0.15, 0.2) is 11.2 Å². The van der Waals surface area contributed by atoms with Gasteiger partial charge < -0.3 is 5.73 Å². The summed E-state index contributed by atoms with van der Waals surface area (Å²) in [4.78, 5) is 4.03. The van der Waals surface area contributed by atoms with Gasteiger partial charge in [0.15, 0.2) is 0 Å². The molecular formula is C9H15N7O2S. The summed E-state index contributed by atoms with van der Waals surface area (Å²) in [6.45, 7) is 1.91. The second-order valence-corrected chi connectivity index (χ2v) is 5.61. The highest BCUT2D eigenvalue weighted by Gasteiger charge is 2.23. The Balaban J connectivity index is 2.07. The molecule has 9 nitrogen and oxygen atoms in total. The minimum absolute atomic E-state index is 0.0582. The van der Waals surface area contributed by atoms with Crippen molar-refractivity contribution in [1.29, 1.82) is 0 Å². The van der Waals surface area contributed by atoms with Gasteiger partial charge in [0.05, 0.1) is 11.4 Å². The molecule has 0 amide bonds. The molecule has 0 fully saturated rings. The lowest BCUT2D eigenvalue weighted by molar-refractivity contribution is 0.579. The second-order valence-electron chi connectivity index (χ2n) is 3.91. The number of hydrogen-bond donors (Lipinski definition) is 4. The summed E-state index contributed by atoms with van der Waals surface area (Å²) < 4.78 is 26.8. The zero-order valence-electron chi connectivity index (χ0n) is 10.3. The third-order valence-electron chi connectivity index (χ3n) is 2.54. The van der Waals surface area contributed by atoms with Crippen LogP contribution in [0.3, 0.4) is 0 Å². The third-order valence-corrected chi connectivity index (χ3v) is 4.21. The van der Waals surface area contributed by atoms with Crippen molar-refractivity contribution in [2.75, 3.05) is 6.54 Å². The smallest absolute Gasteiger partial charge is 0.244 e. The number of aryl methyl sites for hydroxylation is 1. The van der Waals surface area contributed by atoms with Gasteiger partial charge in [-0.15, -0.1) is 0 Å². The van der Waals surface area contributed by atoms with Gasteiger partial charge in [0, 0.05) is 19.5 Å². The first-order chi connectivity index (χ1) is 9.04. The van der Waals surface area contributed by atoms with Gasteiger partial charge in [0.25, 0.3) is 0 Å². The molecule has 0 unspecified atom stereocenters. The molecule has 0 aromatic carbocycles. The number of nitrogens with one attached hydrogen (secondary N) is 3. The van der Waals surface area contributed by atoms with Gasteiger partial charge >= 0.3 is 0 Å². The van der Waals surface area contributed by atoms with E-state index in [1.165, 1.54) is 6.33 Å². The van der Waals surface area contributed by atoms with E-state index in [4.69, 9.17) is 5.73 Å². The molecule has 5 N–H and O–H groups in total. The van der Waals surface area contributed by atoms with Crippen molar-refractivity contribution in [2.45, 2.75) is 24.8 Å². The lowest BCUT2D eigenvalue weighted by Crippen LogP contribution is -2.27. The van der Waals surface area contributed by atoms with Crippen molar-refractivity contribution >= 4 is 10.0 Å². The monoisotopic (exact) mass is 285 g/mol. The lowest BCUT2D eigenvalue weighted by Gasteiger charge is -2.06. The topological polar surface area (TPSA) is 142 Å². The number of rotatable bonds is 6. The first kappa shape index (κ1) is 13.6. The summed E-state index contributed by atoms with van der Waals surface area (Å²) in [5.74, 6) is 0.616. The number of hydrogen-bond acceptors (Lipinski definition) is 6. The molecule has 2 aromatic heterocycles. The first-order valence-electron chi connectivity index (χ1n) is 5.62. The number of nitrogens with zero attached hydrogens (tertiary/aromatic N) is 3. The highest BCUT2D eigenvalue weighted by Crippen LogP contribution is 2.16. The standard InChI is InChI=1S/C9H15N7O2S/c1-6-9(7(4-10)15-14-6)19(17,18)13-3-2-8-11-5-12-16-8/h5,13H,2-4,10H2,1H3,(H,14,15)(H,11,12,16). The van der Waals surface area contributed by atoms with Crippen LogP contribution < -0.4 is 10.5 Å². The second kappa shape index (κ2) is 5.47. The van der Waals surface area contributed by atoms with Crippen molar-refractivity contribution in [2.24, 2.45) is 5.73 Å². The molecule has 0 atom stereocenters. The SMILES string of the molecule is Cc1[nH]nc(CN)c1S(=O)(=O)NCCc1ncn[nH]1. The van der Waals surface area contributed by atoms with Crippen LogP contribution in [0.5, 0.6) is 0 Å². The van der Waals surface area contributed by atoms with Gasteiger partial charge in [-0.1, -0.05) is 0 Å². The van der Waals surface area contributed by atoms with Crippen molar-refractivity contribution in [3.63, 3.8) is 0 Å². The Hall–Kier alpha value is -1.78. The van der Waals surface area contributed by atoms with E-state index >= 15 is 0 Å². The predicted octanol–water partition coefficient (Wildman–Crippen LogP) is -1.18. The summed E-state index contributed by atoms with van der Waals surface area (Å²) in [6, 6.07) is 0. The van der Waals surface area contributed by atoms with E-state index < -0.39 is 10.0 Å². The van der Waals surface area contributed by atoms with Gasteiger partial charge in [-0.2, -0.15) is 10.2 Å². The Morgan fingerprint density at radius 2 is 2.21 bits per heavy atom. The Labute approximate surface area is 110 Å². The molecule has 0 bridgehead atoms. The quantitative estimate of drug-likeness (QED) is 0.526. The Morgan fingerprint density at radius 3 is 2.84 bits per heavy atom. The molecular weight excluding hydrogens is 270 g/mol. The fraction of sp³-hybridized carbons (Fsp3) is 0.444. The van der Waals surface area contributed by atoms with E-state index in [0.29, 0.717) is 23.6 Å². The van der Waals surface area contributed by atoms with E-state index in [1.807, 2.05) is 0 Å². The molecule has 2 rings (SSSR count). The van der Waals surface area contributed by atoms with Crippen molar-refractivity contribution in [3.05, 3.63) is 23.5 Å². The minimum Gasteiger partial charge on any atom is -0.325 e. The molecule has 0 aliphatic carbocycles. The van der Waals surface area contributed by atoms with Crippen LogP contribution in [0.1, 0.15) is 17.2 Å². The number of H-pyrrole nitrogens is 2. The lowest BCUT2D eigenvalue weighted by atomic mass is 10.4. The van der Waals surface area contributed by atoms with Crippen LogP contribution in [-0.2, 0) is 23.0 Å². The van der Waals surface area contributed by atoms with Crippen LogP contribution in [0.2, 0.25) is 0 Å². The number of nitrogens with two attached hydrogens (primary N) is 1. The third kappa shape index (κ3) is 2.97. The summed E-state index contributed by atoms with van der Waals surface area (Å²) in [7, 11) is -3.63. The van der Waals surface area contributed by atoms with E-state index in [9.17, 15) is 8.42 Å². The van der Waals surface area contributed by atoms with Gasteiger partial charge in [0.1, 0.15) is 17.0 Å². The maximum atomic E-state index is 12.1. The maximum absolute atomic E-state index is 12.1. The summed E-state index contributed by atoms with van der Waals surface area (Å²) >= 11 is 0. The predicted molar refractivity (Wildman–Crippen MR) is 66.5 cm³/mol. The normalized spacial score (nSPS) is 11.9. The summed E-state index contributed by atoms with van der Waals surface area (Å²) in [6.07, 6.45) is 1.80. The van der Waals surface area contributed by atoms with Crippen LogP contribution in [0.25, 0.3) is 0 Å². The van der Waals surface area contributed by atoms with Gasteiger partial charge in [-0.25, -0.2) is 18.1 Å². The largest absolute Gasteiger partial charge is 0.325 e. The molecule has 2 aromatic rings. The zero-order chi connectivity index (χ0) is 13.9. The minimum atomic E-state index is -3.63. The fourth-order valence-electron chi connectivity index (χ4n) is 1.69. The van der Waals surface area contributed by atoms with E-state index in [0.717, 1.165) is 0 Å². The first-order valence-corrected chi connectivity index (χ1v) is 7.10. The summed E-state index contributed by atoms with van der Waals surface area (Å²) in [5, 5.41) is 12.8. The molecule has 0 aliphatic rings. The molecule has 104 valence electrons. The molecule has 10 heteroatoms. The fourth-order valence-corrected chi connectivity index (χ4v) is 3.09. The Morgan fingerprint density at radius 1 is 1.42 bits per heavy atom. The van der Waals surface area contributed by atoms with Crippen molar-refractivity contribution in [3.8, 4) is 0 Å². The van der Waals surface area contributed by atoms with Gasteiger partial charge in [0.2, 0.25) is 10.0 Å². The Kier molecular flexibility index (Phi) is 3.93. The Bertz CT molecular complexity index is 632. The van der Waals surface area contributed by atoms with E-state index in [1.54, 1.807) is 6.92 Å². The van der Waals surface area contributed by atoms with E-state index in [2.05, 4.69) is 30.1 Å². The molecule has 0 saturated carbocycles. The molecule has 0 radical (unpaired) electrons. The molecule has 0 spiro atoms. The number of aromatic amines is 2. The van der Waals surface area contributed by atoms with Gasteiger partial charge in [-0.05, 0) is 6.92 Å². The van der Waals surface area contributed by atoms with Crippen molar-refractivity contribution < 1.29 is 8.42 Å². The molecule has 0 aliphatic heterocycles. The van der Waals surface area contributed by atoms with Crippen LogP contribution in [-0.4, -0.2) is 40.3 Å². The average molecular weight is 285 g/mol. The zero-order valence-corrected chi connectivity index (χ0v) is 11.2. The van der Waals surface area contributed by atoms with Crippen LogP contribution in [0.4, 0.5) is 0 Å². The van der Waals surface area contributed by atoms with Crippen LogP contribution >= 0.6 is 0 Å². The van der Waals surface area contributed by atoms with E-state index in [-0.39, 0.29) is 18.0 Å². The van der Waals surface area contributed by atoms with Crippen molar-refractivity contribution in [1.82, 2.24) is 30.1 Å². The molecule has 0 saturated heterocycles. The molecule has 2 heterocycles. The van der Waals surface area contributed by atoms with Gasteiger partial charge in [-0.3, -0.25) is 10.2 Å².